The van der Waals surface area contributed by atoms with E-state index in [4.69, 9.17) is 5.11 Å². The predicted octanol–water partition coefficient (Wildman–Crippen LogP) is 1.72. The van der Waals surface area contributed by atoms with Crippen molar-refractivity contribution in [2.45, 2.75) is 12.8 Å². The summed E-state index contributed by atoms with van der Waals surface area (Å²) in [6, 6.07) is 3.24. The fourth-order valence-electron chi connectivity index (χ4n) is 2.21. The average Bonchev–Trinajstić information content (AvgIpc) is 2.96. The number of aromatic nitrogens is 3. The first-order valence-corrected chi connectivity index (χ1v) is 7.05. The minimum absolute atomic E-state index is 0.206. The fourth-order valence-corrected chi connectivity index (χ4v) is 3.49. The highest BCUT2D eigenvalue weighted by Gasteiger charge is 2.19. The van der Waals surface area contributed by atoms with Gasteiger partial charge < -0.3 is 5.11 Å². The van der Waals surface area contributed by atoms with Gasteiger partial charge in [-0.2, -0.15) is 16.9 Å². The van der Waals surface area contributed by atoms with Crippen molar-refractivity contribution in [3.63, 3.8) is 0 Å². The lowest BCUT2D eigenvalue weighted by Gasteiger charge is -2.02. The Kier molecular flexibility index (Phi) is 2.95. The Balaban J connectivity index is 1.94. The van der Waals surface area contributed by atoms with Crippen molar-refractivity contribution in [1.29, 1.82) is 0 Å². The molecule has 0 saturated carbocycles. The highest BCUT2D eigenvalue weighted by Crippen LogP contribution is 2.26. The maximum atomic E-state index is 11.1. The van der Waals surface area contributed by atoms with Gasteiger partial charge in [0.25, 0.3) is 0 Å². The van der Waals surface area contributed by atoms with Crippen LogP contribution < -0.4 is 0 Å². The summed E-state index contributed by atoms with van der Waals surface area (Å²) in [6.45, 7) is 0. The molecule has 0 radical (unpaired) electrons. The number of pyridine rings is 1. The summed E-state index contributed by atoms with van der Waals surface area (Å²) < 4.78 is 1.56. The molecule has 0 amide bonds. The van der Waals surface area contributed by atoms with Gasteiger partial charge in [-0.15, -0.1) is 0 Å². The van der Waals surface area contributed by atoms with Crippen LogP contribution in [0.5, 0.6) is 0 Å². The molecule has 2 aromatic heterocycles. The number of carbonyl (C=O) groups is 1. The summed E-state index contributed by atoms with van der Waals surface area (Å²) in [4.78, 5) is 15.4. The van der Waals surface area contributed by atoms with Crippen LogP contribution in [-0.2, 0) is 6.42 Å². The van der Waals surface area contributed by atoms with Crippen LogP contribution in [0.2, 0.25) is 0 Å². The van der Waals surface area contributed by atoms with E-state index in [2.05, 4.69) is 10.1 Å². The Morgan fingerprint density at radius 2 is 2.50 bits per heavy atom. The average molecular weight is 263 g/mol. The zero-order chi connectivity index (χ0) is 12.5. The second-order valence-corrected chi connectivity index (χ2v) is 5.61. The van der Waals surface area contributed by atoms with Gasteiger partial charge in [0.15, 0.2) is 11.5 Å². The summed E-state index contributed by atoms with van der Waals surface area (Å²) >= 11 is 1.96. The van der Waals surface area contributed by atoms with E-state index in [1.165, 1.54) is 12.2 Å². The Labute approximate surface area is 108 Å². The van der Waals surface area contributed by atoms with Crippen molar-refractivity contribution < 1.29 is 9.90 Å². The van der Waals surface area contributed by atoms with E-state index in [9.17, 15) is 4.79 Å². The summed E-state index contributed by atoms with van der Waals surface area (Å²) in [5, 5.41) is 13.4. The highest BCUT2D eigenvalue weighted by molar-refractivity contribution is 7.99. The van der Waals surface area contributed by atoms with Gasteiger partial charge in [-0.25, -0.2) is 14.3 Å². The monoisotopic (exact) mass is 263 g/mol. The Bertz CT molecular complexity index is 590. The third kappa shape index (κ3) is 2.08. The van der Waals surface area contributed by atoms with Gasteiger partial charge in [0, 0.05) is 12.6 Å². The van der Waals surface area contributed by atoms with Crippen LogP contribution in [0.15, 0.2) is 18.3 Å². The van der Waals surface area contributed by atoms with Gasteiger partial charge in [-0.3, -0.25) is 0 Å². The SMILES string of the molecule is O=C(O)c1cccn2nc(CC3CCSC3)nc12. The Morgan fingerprint density at radius 1 is 1.61 bits per heavy atom. The van der Waals surface area contributed by atoms with Crippen LogP contribution in [0, 0.1) is 5.92 Å². The third-order valence-electron chi connectivity index (χ3n) is 3.13. The minimum atomic E-state index is -0.962. The quantitative estimate of drug-likeness (QED) is 0.913. The van der Waals surface area contributed by atoms with E-state index < -0.39 is 5.97 Å². The van der Waals surface area contributed by atoms with Crippen LogP contribution in [0.25, 0.3) is 5.65 Å². The van der Waals surface area contributed by atoms with E-state index in [0.717, 1.165) is 18.0 Å². The summed E-state index contributed by atoms with van der Waals surface area (Å²) in [5.41, 5.74) is 0.641. The normalized spacial score (nSPS) is 19.4. The van der Waals surface area contributed by atoms with E-state index in [-0.39, 0.29) is 5.56 Å². The van der Waals surface area contributed by atoms with Crippen molar-refractivity contribution in [2.24, 2.45) is 5.92 Å². The number of nitrogens with zero attached hydrogens (tertiary/aromatic N) is 3. The molecule has 1 fully saturated rings. The first-order valence-electron chi connectivity index (χ1n) is 5.89. The van der Waals surface area contributed by atoms with E-state index in [1.54, 1.807) is 22.8 Å². The van der Waals surface area contributed by atoms with Crippen LogP contribution in [0.4, 0.5) is 0 Å². The highest BCUT2D eigenvalue weighted by atomic mass is 32.2. The molecule has 1 atom stereocenters. The molecule has 0 aliphatic carbocycles. The lowest BCUT2D eigenvalue weighted by atomic mass is 10.1. The number of thioether (sulfide) groups is 1. The Hall–Kier alpha value is -1.56. The zero-order valence-electron chi connectivity index (χ0n) is 9.74. The van der Waals surface area contributed by atoms with Crippen LogP contribution in [0.1, 0.15) is 22.6 Å². The number of hydrogen-bond acceptors (Lipinski definition) is 4. The van der Waals surface area contributed by atoms with Gasteiger partial charge in [0.1, 0.15) is 5.56 Å². The predicted molar refractivity (Wildman–Crippen MR) is 69.1 cm³/mol. The topological polar surface area (TPSA) is 67.5 Å². The molecular formula is C12H13N3O2S. The molecule has 2 aromatic rings. The summed E-state index contributed by atoms with van der Waals surface area (Å²) in [5.74, 6) is 2.77. The van der Waals surface area contributed by atoms with E-state index in [1.807, 2.05) is 11.8 Å². The number of aromatic carboxylic acids is 1. The van der Waals surface area contributed by atoms with Gasteiger partial charge in [-0.1, -0.05) is 0 Å². The lowest BCUT2D eigenvalue weighted by Crippen LogP contribution is -2.04. The molecule has 0 spiro atoms. The molecule has 6 heteroatoms. The molecule has 3 rings (SSSR count). The van der Waals surface area contributed by atoms with Crippen molar-refractivity contribution in [1.82, 2.24) is 14.6 Å². The maximum absolute atomic E-state index is 11.1. The molecule has 1 saturated heterocycles. The van der Waals surface area contributed by atoms with Gasteiger partial charge in [0.2, 0.25) is 0 Å². The number of carboxylic acid groups (broad SMARTS) is 1. The van der Waals surface area contributed by atoms with Crippen molar-refractivity contribution in [3.8, 4) is 0 Å². The molecule has 1 aliphatic heterocycles. The number of fused-ring (bicyclic) bond motifs is 1. The van der Waals surface area contributed by atoms with Crippen molar-refractivity contribution in [3.05, 3.63) is 29.7 Å². The van der Waals surface area contributed by atoms with Crippen LogP contribution in [-0.4, -0.2) is 37.2 Å². The lowest BCUT2D eigenvalue weighted by molar-refractivity contribution is 0.0698. The number of hydrogen-bond donors (Lipinski definition) is 1. The molecule has 3 heterocycles. The third-order valence-corrected chi connectivity index (χ3v) is 4.36. The molecule has 0 bridgehead atoms. The van der Waals surface area contributed by atoms with Crippen LogP contribution in [0.3, 0.4) is 0 Å². The number of rotatable bonds is 3. The molecule has 1 unspecified atom stereocenters. The maximum Gasteiger partial charge on any atom is 0.339 e. The summed E-state index contributed by atoms with van der Waals surface area (Å²) in [7, 11) is 0. The van der Waals surface area contributed by atoms with Gasteiger partial charge >= 0.3 is 5.97 Å². The first-order chi connectivity index (χ1) is 8.74. The van der Waals surface area contributed by atoms with Crippen molar-refractivity contribution >= 4 is 23.4 Å². The molecule has 5 nitrogen and oxygen atoms in total. The fraction of sp³-hybridized carbons (Fsp3) is 0.417. The molecule has 1 aliphatic rings. The van der Waals surface area contributed by atoms with E-state index in [0.29, 0.717) is 11.6 Å². The molecular weight excluding hydrogens is 250 g/mol. The van der Waals surface area contributed by atoms with E-state index >= 15 is 0 Å². The molecule has 0 aromatic carbocycles. The van der Waals surface area contributed by atoms with Crippen LogP contribution >= 0.6 is 11.8 Å². The first kappa shape index (κ1) is 11.5. The Morgan fingerprint density at radius 3 is 3.22 bits per heavy atom. The molecule has 18 heavy (non-hydrogen) atoms. The summed E-state index contributed by atoms with van der Waals surface area (Å²) in [6.07, 6.45) is 3.78. The second kappa shape index (κ2) is 4.61. The standard InChI is InChI=1S/C12H13N3O2S/c16-12(17)9-2-1-4-15-11(9)13-10(14-15)6-8-3-5-18-7-8/h1-2,4,8H,3,5-7H2,(H,16,17). The molecule has 94 valence electrons. The molecule has 1 N–H and O–H groups in total. The largest absolute Gasteiger partial charge is 0.478 e. The number of carboxylic acids is 1. The zero-order valence-corrected chi connectivity index (χ0v) is 10.6. The van der Waals surface area contributed by atoms with Gasteiger partial charge in [-0.05, 0) is 36.0 Å². The minimum Gasteiger partial charge on any atom is -0.478 e. The second-order valence-electron chi connectivity index (χ2n) is 4.46. The smallest absolute Gasteiger partial charge is 0.339 e. The van der Waals surface area contributed by atoms with Crippen molar-refractivity contribution in [2.75, 3.05) is 11.5 Å². The van der Waals surface area contributed by atoms with Gasteiger partial charge in [0.05, 0.1) is 0 Å².